The molecule has 0 saturated heterocycles. The van der Waals surface area contributed by atoms with Crippen molar-refractivity contribution in [3.05, 3.63) is 168 Å². The van der Waals surface area contributed by atoms with Gasteiger partial charge in [-0.3, -0.25) is 9.55 Å². The van der Waals surface area contributed by atoms with Crippen LogP contribution in [0, 0.1) is 6.85 Å². The first-order chi connectivity index (χ1) is 32.9. The summed E-state index contributed by atoms with van der Waals surface area (Å²) in [6, 6.07) is 42.3. The van der Waals surface area contributed by atoms with E-state index in [0.717, 1.165) is 50.6 Å². The van der Waals surface area contributed by atoms with Gasteiger partial charge < -0.3 is 5.11 Å². The van der Waals surface area contributed by atoms with E-state index in [2.05, 4.69) is 59.7 Å². The Hall–Kier alpha value is -6.26. The minimum atomic E-state index is -3.63. The SMILES string of the molecule is [2H]C([2H])([2H])c1ccc(-c2ccnc(-c3cc(-c4cccc5c4nc(-c4cccc(C(C([2H])([2H])[2H])(C([2H])([2H])[2H])C([2H])([2H])[2H])c4O)n5-c4ccc(C(C)(C)C)cc4-c4ccccc4)cc(C(C)(C)C)c3)c2)cc1. The van der Waals surface area contributed by atoms with Crippen molar-refractivity contribution in [1.82, 2.24) is 14.5 Å². The summed E-state index contributed by atoms with van der Waals surface area (Å²) in [7, 11) is 0. The summed E-state index contributed by atoms with van der Waals surface area (Å²) in [5, 5.41) is 12.5. The van der Waals surface area contributed by atoms with Gasteiger partial charge in [-0.2, -0.15) is 0 Å². The van der Waals surface area contributed by atoms with Crippen LogP contribution in [-0.2, 0) is 16.2 Å². The van der Waals surface area contributed by atoms with E-state index in [1.54, 1.807) is 30.5 Å². The average molecular weight is 786 g/mol. The lowest BCUT2D eigenvalue weighted by Crippen LogP contribution is -2.12. The highest BCUT2D eigenvalue weighted by Crippen LogP contribution is 2.44. The molecule has 0 fully saturated rings. The fourth-order valence-corrected chi connectivity index (χ4v) is 7.62. The summed E-state index contributed by atoms with van der Waals surface area (Å²) in [4.78, 5) is 10.1. The molecule has 6 aromatic carbocycles. The molecular formula is C55H55N3O. The molecule has 4 nitrogen and oxygen atoms in total. The Morgan fingerprint density at radius 1 is 0.542 bits per heavy atom. The molecule has 0 radical (unpaired) electrons. The van der Waals surface area contributed by atoms with E-state index in [1.807, 2.05) is 83.4 Å². The summed E-state index contributed by atoms with van der Waals surface area (Å²) in [5.41, 5.74) is 5.28. The zero-order chi connectivity index (χ0) is 51.9. The number of fused-ring (bicyclic) bond motifs is 1. The molecule has 8 rings (SSSR count). The molecule has 59 heavy (non-hydrogen) atoms. The van der Waals surface area contributed by atoms with Gasteiger partial charge in [-0.15, -0.1) is 0 Å². The number of nitrogens with zero attached hydrogens (tertiary/aromatic N) is 3. The van der Waals surface area contributed by atoms with Crippen LogP contribution in [0.5, 0.6) is 5.75 Å². The first-order valence-electron chi connectivity index (χ1n) is 25.7. The highest BCUT2D eigenvalue weighted by Gasteiger charge is 2.27. The third-order valence-electron chi connectivity index (χ3n) is 10.9. The van der Waals surface area contributed by atoms with Gasteiger partial charge in [0.05, 0.1) is 28.0 Å². The number of pyridine rings is 1. The molecule has 0 unspecified atom stereocenters. The van der Waals surface area contributed by atoms with Gasteiger partial charge in [0.2, 0.25) is 0 Å². The topological polar surface area (TPSA) is 50.9 Å². The minimum Gasteiger partial charge on any atom is -0.507 e. The van der Waals surface area contributed by atoms with Crippen LogP contribution < -0.4 is 0 Å². The zero-order valence-corrected chi connectivity index (χ0v) is 34.1. The molecule has 1 N–H and O–H groups in total. The highest BCUT2D eigenvalue weighted by atomic mass is 16.3. The van der Waals surface area contributed by atoms with Gasteiger partial charge in [-0.1, -0.05) is 159 Å². The Labute approximate surface area is 367 Å². The van der Waals surface area contributed by atoms with Crippen molar-refractivity contribution in [1.29, 1.82) is 0 Å². The lowest BCUT2D eigenvalue weighted by Gasteiger charge is -2.24. The van der Waals surface area contributed by atoms with Gasteiger partial charge in [-0.25, -0.2) is 4.98 Å². The van der Waals surface area contributed by atoms with Crippen molar-refractivity contribution >= 4 is 11.0 Å². The van der Waals surface area contributed by atoms with Gasteiger partial charge in [0, 0.05) is 39.3 Å². The number of hydrogen-bond donors (Lipinski definition) is 1. The number of aromatic hydroxyl groups is 1. The molecule has 8 aromatic rings. The average Bonchev–Trinajstić information content (AvgIpc) is 3.67. The van der Waals surface area contributed by atoms with Crippen LogP contribution in [0.25, 0.3) is 72.7 Å². The second-order valence-corrected chi connectivity index (χ2v) is 17.3. The van der Waals surface area contributed by atoms with Crippen molar-refractivity contribution in [3.8, 4) is 67.5 Å². The first kappa shape index (κ1) is 27.4. The number of phenols is 1. The summed E-state index contributed by atoms with van der Waals surface area (Å²) >= 11 is 0. The predicted octanol–water partition coefficient (Wildman–Crippen LogP) is 14.7. The minimum absolute atomic E-state index is 0.0808. The Bertz CT molecular complexity index is 3240. The number of rotatable bonds is 6. The normalized spacial score (nSPS) is 16.2. The molecule has 0 spiro atoms. The Kier molecular flexibility index (Phi) is 6.90. The second kappa shape index (κ2) is 14.8. The lowest BCUT2D eigenvalue weighted by molar-refractivity contribution is 0.448. The number of benzene rings is 6. The smallest absolute Gasteiger partial charge is 0.149 e. The van der Waals surface area contributed by atoms with Gasteiger partial charge in [0.15, 0.2) is 0 Å². The van der Waals surface area contributed by atoms with E-state index < -0.39 is 44.1 Å². The van der Waals surface area contributed by atoms with E-state index in [4.69, 9.17) is 26.4 Å². The molecule has 0 aliphatic rings. The van der Waals surface area contributed by atoms with Gasteiger partial charge in [0.1, 0.15) is 11.6 Å². The number of aromatic nitrogens is 3. The first-order valence-corrected chi connectivity index (χ1v) is 19.7. The van der Waals surface area contributed by atoms with Crippen LogP contribution in [0.2, 0.25) is 0 Å². The molecule has 0 saturated carbocycles. The van der Waals surface area contributed by atoms with Crippen molar-refractivity contribution < 1.29 is 21.6 Å². The molecule has 2 heterocycles. The number of phenolic OH excluding ortho intramolecular Hbond substituents is 1. The van der Waals surface area contributed by atoms with E-state index in [1.165, 1.54) is 12.1 Å². The standard InChI is InChI=1S/C55H55N3O/c1-35-22-24-36(25-23-35)38-28-29-56-47(33-38)40-30-39(31-42(32-40)54(5,6)7)43-18-15-21-49-50(43)57-52(44-19-14-20-46(51(44)59)55(8,9)10)58(49)48-27-26-41(53(2,3)4)34-45(48)37-16-12-11-13-17-37/h11-34,59H,1-10H3/i1D3,8D3,9D3,10D3. The predicted molar refractivity (Wildman–Crippen MR) is 249 cm³/mol. The summed E-state index contributed by atoms with van der Waals surface area (Å²) in [6.07, 6.45) is 1.72. The third-order valence-corrected chi connectivity index (χ3v) is 10.9. The summed E-state index contributed by atoms with van der Waals surface area (Å²) in [6.45, 7) is -0.463. The third kappa shape index (κ3) is 7.72. The van der Waals surface area contributed by atoms with E-state index >= 15 is 0 Å². The monoisotopic (exact) mass is 786 g/mol. The zero-order valence-electron chi connectivity index (χ0n) is 46.1. The van der Waals surface area contributed by atoms with E-state index in [0.29, 0.717) is 28.0 Å². The number of imidazole rings is 1. The fraction of sp³-hybridized carbons (Fsp3) is 0.236. The van der Waals surface area contributed by atoms with Crippen LogP contribution >= 0.6 is 0 Å². The maximum absolute atomic E-state index is 12.5. The quantitative estimate of drug-likeness (QED) is 0.183. The molecule has 0 aliphatic carbocycles. The van der Waals surface area contributed by atoms with E-state index in [-0.39, 0.29) is 27.8 Å². The molecular weight excluding hydrogens is 719 g/mol. The molecule has 0 atom stereocenters. The molecule has 296 valence electrons. The fourth-order valence-electron chi connectivity index (χ4n) is 7.62. The second-order valence-electron chi connectivity index (χ2n) is 17.3. The number of hydrogen-bond acceptors (Lipinski definition) is 3. The van der Waals surface area contributed by atoms with Crippen molar-refractivity contribution in [2.24, 2.45) is 0 Å². The molecule has 0 aliphatic heterocycles. The maximum atomic E-state index is 12.5. The lowest BCUT2D eigenvalue weighted by atomic mass is 9.83. The molecule has 4 heteroatoms. The Balaban J connectivity index is 1.44. The molecule has 0 bridgehead atoms. The van der Waals surface area contributed by atoms with Crippen LogP contribution in [0.1, 0.15) is 101 Å². The van der Waals surface area contributed by atoms with Crippen LogP contribution in [0.4, 0.5) is 0 Å². The summed E-state index contributed by atoms with van der Waals surface area (Å²) in [5.74, 6) is -0.730. The van der Waals surface area contributed by atoms with Crippen molar-refractivity contribution in [3.63, 3.8) is 0 Å². The van der Waals surface area contributed by atoms with Crippen molar-refractivity contribution in [2.45, 2.75) is 85.2 Å². The van der Waals surface area contributed by atoms with Crippen LogP contribution in [0.3, 0.4) is 0 Å². The van der Waals surface area contributed by atoms with Gasteiger partial charge >= 0.3 is 0 Å². The number of aryl methyl sites for hydroxylation is 1. The van der Waals surface area contributed by atoms with Crippen LogP contribution in [0.15, 0.2) is 146 Å². The largest absolute Gasteiger partial charge is 0.507 e. The van der Waals surface area contributed by atoms with E-state index in [9.17, 15) is 5.11 Å². The van der Waals surface area contributed by atoms with Gasteiger partial charge in [0.25, 0.3) is 0 Å². The summed E-state index contributed by atoms with van der Waals surface area (Å²) < 4.78 is 102. The van der Waals surface area contributed by atoms with Crippen LogP contribution in [-0.4, -0.2) is 19.6 Å². The maximum Gasteiger partial charge on any atom is 0.149 e. The Morgan fingerprint density at radius 3 is 1.97 bits per heavy atom. The Morgan fingerprint density at radius 2 is 1.25 bits per heavy atom. The van der Waals surface area contributed by atoms with Gasteiger partial charge in [-0.05, 0) is 111 Å². The van der Waals surface area contributed by atoms with Crippen molar-refractivity contribution in [2.75, 3.05) is 0 Å². The number of para-hydroxylation sites is 2. The molecule has 0 amide bonds. The highest BCUT2D eigenvalue weighted by molar-refractivity contribution is 5.98. The molecule has 2 aromatic heterocycles.